The van der Waals surface area contributed by atoms with Gasteiger partial charge in [0.2, 0.25) is 0 Å². The fourth-order valence-electron chi connectivity index (χ4n) is 1.49. The highest BCUT2D eigenvalue weighted by Gasteiger charge is 2.08. The Kier molecular flexibility index (Phi) is 3.19. The molecule has 0 aliphatic heterocycles. The maximum Gasteiger partial charge on any atom is 0.183 e. The van der Waals surface area contributed by atoms with Crippen molar-refractivity contribution in [2.45, 2.75) is 13.8 Å². The Bertz CT molecular complexity index is 476. The number of nitrogens with zero attached hydrogens (tertiary/aromatic N) is 1. The number of hydrogen-bond donors (Lipinski definition) is 1. The van der Waals surface area contributed by atoms with Crippen LogP contribution >= 0.6 is 11.3 Å². The Balaban J connectivity index is 2.36. The molecule has 1 heterocycles. The summed E-state index contributed by atoms with van der Waals surface area (Å²) in [7, 11) is 0. The number of halogens is 1. The number of thiazole rings is 1. The highest BCUT2D eigenvalue weighted by molar-refractivity contribution is 7.19. The molecule has 2 aromatic rings. The molecule has 2 nitrogen and oxygen atoms in total. The molecule has 0 spiro atoms. The molecule has 1 aromatic carbocycles. The van der Waals surface area contributed by atoms with Crippen molar-refractivity contribution in [3.63, 3.8) is 0 Å². The minimum Gasteiger partial charge on any atom is -0.362 e. The van der Waals surface area contributed by atoms with E-state index in [1.54, 1.807) is 23.5 Å². The zero-order valence-electron chi connectivity index (χ0n) is 9.25. The van der Waals surface area contributed by atoms with Crippen LogP contribution in [0, 0.1) is 12.7 Å². The Morgan fingerprint density at radius 3 is 2.62 bits per heavy atom. The number of aromatic nitrogens is 1. The summed E-state index contributed by atoms with van der Waals surface area (Å²) in [6, 6.07) is 6.51. The SMILES string of the molecule is CCNc1nc(C)c(-c2ccc(F)cc2)s1. The zero-order chi connectivity index (χ0) is 11.5. The van der Waals surface area contributed by atoms with Crippen LogP contribution in [0.3, 0.4) is 0 Å². The third-order valence-corrected chi connectivity index (χ3v) is 3.40. The molecular weight excluding hydrogens is 223 g/mol. The molecule has 4 heteroatoms. The van der Waals surface area contributed by atoms with E-state index in [0.29, 0.717) is 0 Å². The minimum absolute atomic E-state index is 0.210. The van der Waals surface area contributed by atoms with Gasteiger partial charge in [0.25, 0.3) is 0 Å². The van der Waals surface area contributed by atoms with E-state index in [-0.39, 0.29) is 5.82 Å². The van der Waals surface area contributed by atoms with Gasteiger partial charge in [0, 0.05) is 6.54 Å². The van der Waals surface area contributed by atoms with E-state index >= 15 is 0 Å². The number of anilines is 1. The third kappa shape index (κ3) is 2.22. The molecule has 0 radical (unpaired) electrons. The summed E-state index contributed by atoms with van der Waals surface area (Å²) >= 11 is 1.60. The first-order chi connectivity index (χ1) is 7.70. The first-order valence-electron chi connectivity index (χ1n) is 5.18. The lowest BCUT2D eigenvalue weighted by Crippen LogP contribution is -1.94. The van der Waals surface area contributed by atoms with Crippen molar-refractivity contribution in [3.8, 4) is 10.4 Å². The second kappa shape index (κ2) is 4.61. The van der Waals surface area contributed by atoms with Gasteiger partial charge >= 0.3 is 0 Å². The molecule has 2 rings (SSSR count). The lowest BCUT2D eigenvalue weighted by atomic mass is 10.1. The van der Waals surface area contributed by atoms with Crippen LogP contribution in [0.15, 0.2) is 24.3 Å². The summed E-state index contributed by atoms with van der Waals surface area (Å²) in [6.45, 7) is 4.86. The maximum absolute atomic E-state index is 12.8. The quantitative estimate of drug-likeness (QED) is 0.879. The van der Waals surface area contributed by atoms with E-state index in [4.69, 9.17) is 0 Å². The van der Waals surface area contributed by atoms with E-state index in [9.17, 15) is 4.39 Å². The standard InChI is InChI=1S/C12H13FN2S/c1-3-14-12-15-8(2)11(16-12)9-4-6-10(13)7-5-9/h4-7H,3H2,1-2H3,(H,14,15). The molecule has 0 saturated heterocycles. The Hall–Kier alpha value is -1.42. The van der Waals surface area contributed by atoms with E-state index in [1.165, 1.54) is 12.1 Å². The number of benzene rings is 1. The first-order valence-corrected chi connectivity index (χ1v) is 5.99. The van der Waals surface area contributed by atoms with Gasteiger partial charge in [0.1, 0.15) is 5.82 Å². The summed E-state index contributed by atoms with van der Waals surface area (Å²) in [6.07, 6.45) is 0. The fraction of sp³-hybridized carbons (Fsp3) is 0.250. The zero-order valence-corrected chi connectivity index (χ0v) is 10.1. The van der Waals surface area contributed by atoms with E-state index < -0.39 is 0 Å². The van der Waals surface area contributed by atoms with Gasteiger partial charge in [-0.3, -0.25) is 0 Å². The second-order valence-corrected chi connectivity index (χ2v) is 4.47. The van der Waals surface area contributed by atoms with Crippen molar-refractivity contribution in [2.24, 2.45) is 0 Å². The average Bonchev–Trinajstić information content (AvgIpc) is 2.61. The molecule has 0 fully saturated rings. The van der Waals surface area contributed by atoms with Crippen molar-refractivity contribution in [1.29, 1.82) is 0 Å². The van der Waals surface area contributed by atoms with Crippen LogP contribution in [0.5, 0.6) is 0 Å². The summed E-state index contributed by atoms with van der Waals surface area (Å²) < 4.78 is 12.8. The van der Waals surface area contributed by atoms with Crippen molar-refractivity contribution in [1.82, 2.24) is 4.98 Å². The number of rotatable bonds is 3. The van der Waals surface area contributed by atoms with E-state index in [0.717, 1.165) is 27.8 Å². The summed E-state index contributed by atoms with van der Waals surface area (Å²) in [5, 5.41) is 4.10. The van der Waals surface area contributed by atoms with Gasteiger partial charge in [-0.05, 0) is 31.5 Å². The van der Waals surface area contributed by atoms with Gasteiger partial charge in [0.05, 0.1) is 10.6 Å². The molecule has 0 aliphatic carbocycles. The average molecular weight is 236 g/mol. The summed E-state index contributed by atoms with van der Waals surface area (Å²) in [4.78, 5) is 5.51. The van der Waals surface area contributed by atoms with Crippen molar-refractivity contribution in [3.05, 3.63) is 35.8 Å². The number of hydrogen-bond acceptors (Lipinski definition) is 3. The van der Waals surface area contributed by atoms with Gasteiger partial charge in [-0.25, -0.2) is 9.37 Å². The van der Waals surface area contributed by atoms with Crippen LogP contribution in [-0.2, 0) is 0 Å². The molecular formula is C12H13FN2S. The number of aryl methyl sites for hydroxylation is 1. The molecule has 0 atom stereocenters. The second-order valence-electron chi connectivity index (χ2n) is 3.47. The van der Waals surface area contributed by atoms with Crippen LogP contribution < -0.4 is 5.32 Å². The molecule has 0 saturated carbocycles. The van der Waals surface area contributed by atoms with Crippen molar-refractivity contribution >= 4 is 16.5 Å². The Labute approximate surface area is 98.2 Å². The fourth-order valence-corrected chi connectivity index (χ4v) is 2.53. The highest BCUT2D eigenvalue weighted by Crippen LogP contribution is 2.32. The van der Waals surface area contributed by atoms with E-state index in [1.807, 2.05) is 13.8 Å². The van der Waals surface area contributed by atoms with Gasteiger partial charge < -0.3 is 5.32 Å². The maximum atomic E-state index is 12.8. The third-order valence-electron chi connectivity index (χ3n) is 2.23. The molecule has 1 aromatic heterocycles. The molecule has 0 unspecified atom stereocenters. The molecule has 0 amide bonds. The van der Waals surface area contributed by atoms with Crippen LogP contribution in [0.2, 0.25) is 0 Å². The van der Waals surface area contributed by atoms with Crippen LogP contribution in [0.4, 0.5) is 9.52 Å². The summed E-state index contributed by atoms with van der Waals surface area (Å²) in [5.41, 5.74) is 1.99. The van der Waals surface area contributed by atoms with Crippen LogP contribution in [-0.4, -0.2) is 11.5 Å². The topological polar surface area (TPSA) is 24.9 Å². The molecule has 0 aliphatic rings. The van der Waals surface area contributed by atoms with Gasteiger partial charge in [0.15, 0.2) is 5.13 Å². The highest BCUT2D eigenvalue weighted by atomic mass is 32.1. The van der Waals surface area contributed by atoms with Crippen molar-refractivity contribution in [2.75, 3.05) is 11.9 Å². The van der Waals surface area contributed by atoms with Crippen LogP contribution in [0.1, 0.15) is 12.6 Å². The van der Waals surface area contributed by atoms with E-state index in [2.05, 4.69) is 10.3 Å². The molecule has 0 bridgehead atoms. The molecule has 1 N–H and O–H groups in total. The van der Waals surface area contributed by atoms with Gasteiger partial charge in [-0.2, -0.15) is 0 Å². The molecule has 16 heavy (non-hydrogen) atoms. The van der Waals surface area contributed by atoms with Gasteiger partial charge in [-0.1, -0.05) is 23.5 Å². The number of nitrogens with one attached hydrogen (secondary N) is 1. The Morgan fingerprint density at radius 2 is 2.00 bits per heavy atom. The lowest BCUT2D eigenvalue weighted by Gasteiger charge is -1.97. The predicted molar refractivity (Wildman–Crippen MR) is 66.4 cm³/mol. The largest absolute Gasteiger partial charge is 0.362 e. The normalized spacial score (nSPS) is 10.4. The Morgan fingerprint density at radius 1 is 1.31 bits per heavy atom. The minimum atomic E-state index is -0.210. The lowest BCUT2D eigenvalue weighted by molar-refractivity contribution is 0.628. The van der Waals surface area contributed by atoms with Crippen LogP contribution in [0.25, 0.3) is 10.4 Å². The monoisotopic (exact) mass is 236 g/mol. The van der Waals surface area contributed by atoms with Crippen molar-refractivity contribution < 1.29 is 4.39 Å². The first kappa shape index (κ1) is 11.1. The van der Waals surface area contributed by atoms with Gasteiger partial charge in [-0.15, -0.1) is 0 Å². The summed E-state index contributed by atoms with van der Waals surface area (Å²) in [5.74, 6) is -0.210. The predicted octanol–water partition coefficient (Wildman–Crippen LogP) is 3.69. The molecule has 84 valence electrons. The smallest absolute Gasteiger partial charge is 0.183 e.